The van der Waals surface area contributed by atoms with Crippen LogP contribution in [0.2, 0.25) is 0 Å². The van der Waals surface area contributed by atoms with Gasteiger partial charge in [-0.3, -0.25) is 0 Å². The van der Waals surface area contributed by atoms with E-state index < -0.39 is 0 Å². The predicted octanol–water partition coefficient (Wildman–Crippen LogP) is 2.98. The van der Waals surface area contributed by atoms with Crippen molar-refractivity contribution < 1.29 is 9.26 Å². The van der Waals surface area contributed by atoms with Gasteiger partial charge in [-0.25, -0.2) is 0 Å². The summed E-state index contributed by atoms with van der Waals surface area (Å²) in [5.41, 5.74) is 2.37. The van der Waals surface area contributed by atoms with Gasteiger partial charge in [-0.1, -0.05) is 37.2 Å². The van der Waals surface area contributed by atoms with Gasteiger partial charge in [-0.2, -0.15) is 4.98 Å². The highest BCUT2D eigenvalue weighted by Crippen LogP contribution is 2.46. The molecule has 0 saturated heterocycles. The Kier molecular flexibility index (Phi) is 2.18. The van der Waals surface area contributed by atoms with E-state index in [2.05, 4.69) is 36.1 Å². The lowest BCUT2D eigenvalue weighted by molar-refractivity contribution is 0.141. The second kappa shape index (κ2) is 3.58. The van der Waals surface area contributed by atoms with Crippen molar-refractivity contribution in [2.75, 3.05) is 0 Å². The summed E-state index contributed by atoms with van der Waals surface area (Å²) in [5, 5.41) is 3.78. The summed E-state index contributed by atoms with van der Waals surface area (Å²) in [7, 11) is 0. The van der Waals surface area contributed by atoms with Gasteiger partial charge in [0.1, 0.15) is 5.75 Å². The molecule has 1 unspecified atom stereocenters. The van der Waals surface area contributed by atoms with Crippen molar-refractivity contribution in [1.82, 2.24) is 10.1 Å². The largest absolute Gasteiger partial charge is 0.475 e. The van der Waals surface area contributed by atoms with E-state index in [1.165, 1.54) is 5.56 Å². The number of benzene rings is 1. The van der Waals surface area contributed by atoms with E-state index in [1.54, 1.807) is 6.92 Å². The molecule has 0 bridgehead atoms. The Balaban J connectivity index is 1.98. The van der Waals surface area contributed by atoms with Crippen molar-refractivity contribution >= 4 is 0 Å². The van der Waals surface area contributed by atoms with Gasteiger partial charge in [0, 0.05) is 5.56 Å². The van der Waals surface area contributed by atoms with Gasteiger partial charge in [0.05, 0.1) is 0 Å². The van der Waals surface area contributed by atoms with Gasteiger partial charge in [-0.15, -0.1) is 0 Å². The minimum atomic E-state index is -0.190. The van der Waals surface area contributed by atoms with Crippen molar-refractivity contribution in [3.8, 4) is 5.75 Å². The highest BCUT2D eigenvalue weighted by Gasteiger charge is 2.36. The number of hydrogen-bond donors (Lipinski definition) is 0. The fourth-order valence-electron chi connectivity index (χ4n) is 2.10. The number of fused-ring (bicyclic) bond motifs is 1. The third-order valence-corrected chi connectivity index (χ3v) is 2.98. The molecule has 1 aromatic carbocycles. The molecule has 0 saturated carbocycles. The molecule has 1 aliphatic heterocycles. The second-order valence-electron chi connectivity index (χ2n) is 4.60. The van der Waals surface area contributed by atoms with E-state index in [4.69, 9.17) is 9.26 Å². The molecule has 0 aliphatic carbocycles. The third kappa shape index (κ3) is 1.52. The fourth-order valence-corrected chi connectivity index (χ4v) is 2.10. The molecule has 1 aliphatic rings. The quantitative estimate of drug-likeness (QED) is 0.795. The highest BCUT2D eigenvalue weighted by molar-refractivity contribution is 5.51. The molecule has 2 aromatic rings. The monoisotopic (exact) mass is 230 g/mol. The van der Waals surface area contributed by atoms with Crippen molar-refractivity contribution in [1.29, 1.82) is 0 Å². The van der Waals surface area contributed by atoms with Crippen LogP contribution < -0.4 is 4.74 Å². The van der Waals surface area contributed by atoms with E-state index in [-0.39, 0.29) is 6.10 Å². The molecule has 0 fully saturated rings. The van der Waals surface area contributed by atoms with Crippen molar-refractivity contribution in [2.45, 2.75) is 32.8 Å². The van der Waals surface area contributed by atoms with E-state index in [9.17, 15) is 0 Å². The number of rotatable bonds is 2. The summed E-state index contributed by atoms with van der Waals surface area (Å²) in [6, 6.07) is 6.20. The van der Waals surface area contributed by atoms with Gasteiger partial charge in [0.2, 0.25) is 6.10 Å². The Morgan fingerprint density at radius 1 is 1.29 bits per heavy atom. The molecular formula is C13H14N2O2. The molecule has 4 nitrogen and oxygen atoms in total. The number of ether oxygens (including phenoxy) is 1. The van der Waals surface area contributed by atoms with Crippen LogP contribution in [-0.4, -0.2) is 10.1 Å². The van der Waals surface area contributed by atoms with Gasteiger partial charge in [0.25, 0.3) is 5.89 Å². The topological polar surface area (TPSA) is 48.2 Å². The Hall–Kier alpha value is -1.84. The summed E-state index contributed by atoms with van der Waals surface area (Å²) in [6.45, 7) is 6.11. The average Bonchev–Trinajstić information content (AvgIpc) is 2.66. The molecule has 17 heavy (non-hydrogen) atoms. The number of hydrogen-bond acceptors (Lipinski definition) is 4. The van der Waals surface area contributed by atoms with Crippen molar-refractivity contribution in [3.05, 3.63) is 41.0 Å². The zero-order chi connectivity index (χ0) is 12.0. The zero-order valence-corrected chi connectivity index (χ0v) is 10.1. The van der Waals surface area contributed by atoms with Gasteiger partial charge in [-0.05, 0) is 18.4 Å². The summed E-state index contributed by atoms with van der Waals surface area (Å²) >= 11 is 0. The standard InChI is InChI=1S/C13H14N2O2/c1-7(2)9-5-4-6-10-11(9)16-12(10)13-14-8(3)15-17-13/h4-7,12H,1-3H3. The van der Waals surface area contributed by atoms with Crippen LogP contribution in [0.25, 0.3) is 0 Å². The molecule has 0 amide bonds. The minimum Gasteiger partial charge on any atom is -0.475 e. The van der Waals surface area contributed by atoms with Crippen LogP contribution in [0, 0.1) is 6.92 Å². The van der Waals surface area contributed by atoms with Crippen molar-refractivity contribution in [3.63, 3.8) is 0 Å². The van der Waals surface area contributed by atoms with E-state index >= 15 is 0 Å². The van der Waals surface area contributed by atoms with Gasteiger partial charge < -0.3 is 9.26 Å². The van der Waals surface area contributed by atoms with E-state index in [1.807, 2.05) is 6.07 Å². The van der Waals surface area contributed by atoms with Crippen LogP contribution in [0.1, 0.15) is 48.7 Å². The summed E-state index contributed by atoms with van der Waals surface area (Å²) in [6.07, 6.45) is -0.190. The van der Waals surface area contributed by atoms with Crippen molar-refractivity contribution in [2.24, 2.45) is 0 Å². The lowest BCUT2D eigenvalue weighted by Crippen LogP contribution is -2.22. The summed E-state index contributed by atoms with van der Waals surface area (Å²) < 4.78 is 10.9. The molecule has 3 rings (SSSR count). The first-order valence-electron chi connectivity index (χ1n) is 5.76. The van der Waals surface area contributed by atoms with E-state index in [0.29, 0.717) is 17.6 Å². The molecule has 0 radical (unpaired) electrons. The number of nitrogens with zero attached hydrogens (tertiary/aromatic N) is 2. The van der Waals surface area contributed by atoms with E-state index in [0.717, 1.165) is 11.3 Å². The molecule has 1 atom stereocenters. The van der Waals surface area contributed by atoms with Crippen LogP contribution in [-0.2, 0) is 0 Å². The first kappa shape index (κ1) is 10.3. The Bertz CT molecular complexity index is 560. The second-order valence-corrected chi connectivity index (χ2v) is 4.60. The van der Waals surface area contributed by atoms with Crippen LogP contribution in [0.5, 0.6) is 5.75 Å². The van der Waals surface area contributed by atoms with Crippen LogP contribution in [0.15, 0.2) is 22.7 Å². The fraction of sp³-hybridized carbons (Fsp3) is 0.385. The SMILES string of the molecule is Cc1noc(C2Oc3c(C(C)C)cccc32)n1. The molecule has 4 heteroatoms. The normalized spacial score (nSPS) is 17.5. The smallest absolute Gasteiger partial charge is 0.272 e. The maximum absolute atomic E-state index is 5.78. The molecule has 0 N–H and O–H groups in total. The summed E-state index contributed by atoms with van der Waals surface area (Å²) in [5.74, 6) is 2.60. The average molecular weight is 230 g/mol. The lowest BCUT2D eigenvalue weighted by atomic mass is 9.93. The van der Waals surface area contributed by atoms with Crippen LogP contribution in [0.3, 0.4) is 0 Å². The van der Waals surface area contributed by atoms with Crippen LogP contribution in [0.4, 0.5) is 0 Å². The lowest BCUT2D eigenvalue weighted by Gasteiger charge is -2.31. The number of aromatic nitrogens is 2. The van der Waals surface area contributed by atoms with Gasteiger partial charge in [0.15, 0.2) is 5.82 Å². The number of aryl methyl sites for hydroxylation is 1. The number of para-hydroxylation sites is 1. The molecule has 88 valence electrons. The maximum Gasteiger partial charge on any atom is 0.272 e. The van der Waals surface area contributed by atoms with Gasteiger partial charge >= 0.3 is 0 Å². The Morgan fingerprint density at radius 2 is 2.12 bits per heavy atom. The molecule has 2 heterocycles. The molecular weight excluding hydrogens is 216 g/mol. The summed E-state index contributed by atoms with van der Waals surface area (Å²) in [4.78, 5) is 4.20. The zero-order valence-electron chi connectivity index (χ0n) is 10.1. The Labute approximate surface area is 99.6 Å². The first-order chi connectivity index (χ1) is 8.16. The molecule has 0 spiro atoms. The first-order valence-corrected chi connectivity index (χ1v) is 5.76. The third-order valence-electron chi connectivity index (χ3n) is 2.98. The predicted molar refractivity (Wildman–Crippen MR) is 62.0 cm³/mol. The molecule has 1 aromatic heterocycles. The minimum absolute atomic E-state index is 0.190. The maximum atomic E-state index is 5.78. The Morgan fingerprint density at radius 3 is 2.76 bits per heavy atom. The highest BCUT2D eigenvalue weighted by atomic mass is 16.5. The van der Waals surface area contributed by atoms with Crippen LogP contribution >= 0.6 is 0 Å².